The normalized spacial score (nSPS) is 22.6. The molecule has 2 fully saturated rings. The van der Waals surface area contributed by atoms with Crippen LogP contribution in [0.2, 0.25) is 0 Å². The van der Waals surface area contributed by atoms with Crippen molar-refractivity contribution in [2.24, 2.45) is 23.7 Å². The molecule has 2 aromatic heterocycles. The molecule has 10 heteroatoms. The lowest BCUT2D eigenvalue weighted by atomic mass is 9.91. The second-order valence-electron chi connectivity index (χ2n) is 18.9. The molecule has 340 valence electrons. The summed E-state index contributed by atoms with van der Waals surface area (Å²) in [4.78, 5) is 50.0. The fourth-order valence-corrected chi connectivity index (χ4v) is 11.1. The number of nitrogens with one attached hydrogen (secondary N) is 2. The number of hydrogen-bond acceptors (Lipinski definition) is 6. The highest BCUT2D eigenvalue weighted by molar-refractivity contribution is 5.94. The predicted molar refractivity (Wildman–Crippen MR) is 258 cm³/mol. The molecule has 10 rings (SSSR count). The van der Waals surface area contributed by atoms with Gasteiger partial charge in [0.1, 0.15) is 12.1 Å². The van der Waals surface area contributed by atoms with Crippen LogP contribution in [0.25, 0.3) is 0 Å². The number of pyridine rings is 2. The lowest BCUT2D eigenvalue weighted by Crippen LogP contribution is -2.30. The highest BCUT2D eigenvalue weighted by atomic mass is 16.3. The second-order valence-corrected chi connectivity index (χ2v) is 18.9. The Bertz CT molecular complexity index is 2530. The highest BCUT2D eigenvalue weighted by Crippen LogP contribution is 2.42. The first-order valence-electron chi connectivity index (χ1n) is 23.8. The lowest BCUT2D eigenvalue weighted by molar-refractivity contribution is -0.119. The van der Waals surface area contributed by atoms with Gasteiger partial charge in [0.05, 0.1) is 12.2 Å². The van der Waals surface area contributed by atoms with Crippen LogP contribution in [0.15, 0.2) is 155 Å². The van der Waals surface area contributed by atoms with Gasteiger partial charge in [-0.25, -0.2) is 0 Å². The van der Waals surface area contributed by atoms with Crippen LogP contribution in [0, 0.1) is 23.7 Å². The zero-order valence-corrected chi connectivity index (χ0v) is 37.4. The van der Waals surface area contributed by atoms with Gasteiger partial charge in [0.2, 0.25) is 11.8 Å². The van der Waals surface area contributed by atoms with E-state index in [-0.39, 0.29) is 35.1 Å². The number of aryl methyl sites for hydroxylation is 2. The van der Waals surface area contributed by atoms with Crippen molar-refractivity contribution in [1.29, 1.82) is 0 Å². The number of carbonyl (C=O) groups is 2. The third kappa shape index (κ3) is 10.4. The van der Waals surface area contributed by atoms with E-state index in [1.54, 1.807) is 21.3 Å². The number of aliphatic hydroxyl groups excluding tert-OH is 2. The molecule has 8 atom stereocenters. The second kappa shape index (κ2) is 20.4. The van der Waals surface area contributed by atoms with Gasteiger partial charge in [-0.1, -0.05) is 97.1 Å². The molecule has 0 unspecified atom stereocenters. The molecule has 0 radical (unpaired) electrons. The number of nitrogens with zero attached hydrogens (tertiary/aromatic N) is 2. The Balaban J connectivity index is 0.000000166. The van der Waals surface area contributed by atoms with Gasteiger partial charge in [-0.2, -0.15) is 0 Å². The van der Waals surface area contributed by atoms with Gasteiger partial charge in [0, 0.05) is 34.9 Å². The number of aliphatic hydroxyl groups is 2. The zero-order chi connectivity index (χ0) is 45.6. The molecule has 2 aliphatic heterocycles. The number of benzene rings is 4. The van der Waals surface area contributed by atoms with E-state index in [1.807, 2.05) is 97.1 Å². The SMILES string of the molecule is O=C(Nc1ccc(C[C@@H]2CC[C@H]([C@H](O)c3ccccc3)C2)cc1)[C@@H]1CCc2cccc(=O)n21.O=C(Nc1ccc(C[C@@H]2CC[C@H]([C@H](O)c3ccccc3)C2)cc1)[C@H]1CCc2cccc(=O)n21. The Kier molecular flexibility index (Phi) is 13.9. The van der Waals surface area contributed by atoms with Crippen molar-refractivity contribution >= 4 is 23.2 Å². The lowest BCUT2D eigenvalue weighted by Gasteiger charge is -2.19. The van der Waals surface area contributed by atoms with E-state index in [2.05, 4.69) is 34.9 Å². The van der Waals surface area contributed by atoms with E-state index in [0.29, 0.717) is 36.5 Å². The van der Waals surface area contributed by atoms with Crippen LogP contribution < -0.4 is 21.8 Å². The number of amides is 2. The molecular formula is C56H60N4O6. The zero-order valence-electron chi connectivity index (χ0n) is 37.4. The van der Waals surface area contributed by atoms with Gasteiger partial charge in [0.15, 0.2) is 0 Å². The number of rotatable bonds is 12. The van der Waals surface area contributed by atoms with Crippen molar-refractivity contribution in [3.05, 3.63) is 200 Å². The van der Waals surface area contributed by atoms with E-state index in [9.17, 15) is 29.4 Å². The van der Waals surface area contributed by atoms with Crippen LogP contribution in [0.5, 0.6) is 0 Å². The van der Waals surface area contributed by atoms with Crippen molar-refractivity contribution in [3.8, 4) is 0 Å². The maximum atomic E-state index is 12.8. The molecule has 10 nitrogen and oxygen atoms in total. The fraction of sp³-hybridized carbons (Fsp3) is 0.357. The predicted octanol–water partition coefficient (Wildman–Crippen LogP) is 9.33. The highest BCUT2D eigenvalue weighted by Gasteiger charge is 2.33. The summed E-state index contributed by atoms with van der Waals surface area (Å²) in [6, 6.07) is 45.4. The molecule has 2 saturated carbocycles. The Morgan fingerprint density at radius 2 is 0.879 bits per heavy atom. The number of fused-ring (bicyclic) bond motifs is 2. The minimum absolute atomic E-state index is 0.118. The smallest absolute Gasteiger partial charge is 0.251 e. The van der Waals surface area contributed by atoms with Gasteiger partial charge >= 0.3 is 0 Å². The number of aromatic nitrogens is 2. The monoisotopic (exact) mass is 884 g/mol. The minimum Gasteiger partial charge on any atom is -0.388 e. The third-order valence-corrected chi connectivity index (χ3v) is 14.6. The van der Waals surface area contributed by atoms with Crippen LogP contribution in [0.3, 0.4) is 0 Å². The van der Waals surface area contributed by atoms with E-state index in [4.69, 9.17) is 0 Å². The molecule has 6 aromatic rings. The number of hydrogen-bond donors (Lipinski definition) is 4. The number of carbonyl (C=O) groups excluding carboxylic acids is 2. The Morgan fingerprint density at radius 1 is 0.485 bits per heavy atom. The molecule has 2 aliphatic carbocycles. The summed E-state index contributed by atoms with van der Waals surface area (Å²) in [5.74, 6) is 1.49. The summed E-state index contributed by atoms with van der Waals surface area (Å²) < 4.78 is 3.23. The molecule has 4 heterocycles. The van der Waals surface area contributed by atoms with Gasteiger partial charge in [-0.3, -0.25) is 19.2 Å². The summed E-state index contributed by atoms with van der Waals surface area (Å²) >= 11 is 0. The van der Waals surface area contributed by atoms with Crippen molar-refractivity contribution in [2.75, 3.05) is 10.6 Å². The Morgan fingerprint density at radius 3 is 1.27 bits per heavy atom. The summed E-state index contributed by atoms with van der Waals surface area (Å²) in [5.41, 5.74) is 7.63. The standard InChI is InChI=1S/2C28H30N2O3/c2*31-26-8-4-7-24-15-16-25(30(24)26)28(33)29-23-13-10-19(11-14-23)17-20-9-12-22(18-20)27(32)21-5-2-1-3-6-21/h2*1-8,10-11,13-14,20,22,25,27,32H,9,12,15-18H2,(H,29,33)/t20-,22-,25+,27+;20-,22-,25-,27+/m00/s1. The molecule has 4 N–H and O–H groups in total. The quantitative estimate of drug-likeness (QED) is 0.0966. The summed E-state index contributed by atoms with van der Waals surface area (Å²) in [5, 5.41) is 27.4. The van der Waals surface area contributed by atoms with Crippen LogP contribution in [-0.2, 0) is 35.3 Å². The largest absolute Gasteiger partial charge is 0.388 e. The molecule has 4 aromatic carbocycles. The van der Waals surface area contributed by atoms with Crippen molar-refractivity contribution < 1.29 is 19.8 Å². The summed E-state index contributed by atoms with van der Waals surface area (Å²) in [6.45, 7) is 0. The first-order chi connectivity index (χ1) is 32.2. The van der Waals surface area contributed by atoms with Gasteiger partial charge in [-0.15, -0.1) is 0 Å². The van der Waals surface area contributed by atoms with Crippen LogP contribution in [0.4, 0.5) is 11.4 Å². The molecule has 66 heavy (non-hydrogen) atoms. The van der Waals surface area contributed by atoms with E-state index >= 15 is 0 Å². The average Bonchev–Trinajstić information content (AvgIpc) is 4.19. The molecule has 0 spiro atoms. The first-order valence-corrected chi connectivity index (χ1v) is 23.8. The van der Waals surface area contributed by atoms with Crippen LogP contribution in [0.1, 0.15) is 109 Å². The van der Waals surface area contributed by atoms with Gasteiger partial charge in [-0.05, 0) is 159 Å². The minimum atomic E-state index is -0.445. The van der Waals surface area contributed by atoms with Gasteiger partial charge in [0.25, 0.3) is 11.1 Å². The van der Waals surface area contributed by atoms with Crippen LogP contribution >= 0.6 is 0 Å². The number of anilines is 2. The average molecular weight is 885 g/mol. The maximum Gasteiger partial charge on any atom is 0.251 e. The molecule has 2 amide bonds. The molecule has 0 bridgehead atoms. The van der Waals surface area contributed by atoms with Crippen molar-refractivity contribution in [3.63, 3.8) is 0 Å². The molecule has 4 aliphatic rings. The molecular weight excluding hydrogens is 825 g/mol. The van der Waals surface area contributed by atoms with Crippen molar-refractivity contribution in [1.82, 2.24) is 9.13 Å². The van der Waals surface area contributed by atoms with E-state index < -0.39 is 12.1 Å². The Labute approximate surface area is 386 Å². The topological polar surface area (TPSA) is 143 Å². The van der Waals surface area contributed by atoms with E-state index in [0.717, 1.165) is 98.1 Å². The van der Waals surface area contributed by atoms with E-state index in [1.165, 1.54) is 23.3 Å². The third-order valence-electron chi connectivity index (χ3n) is 14.6. The van der Waals surface area contributed by atoms with Crippen LogP contribution in [-0.4, -0.2) is 31.2 Å². The Hall–Kier alpha value is -6.36. The first kappa shape index (κ1) is 44.8. The van der Waals surface area contributed by atoms with Crippen molar-refractivity contribution in [2.45, 2.75) is 101 Å². The summed E-state index contributed by atoms with van der Waals surface area (Å²) in [6.07, 6.45) is 10.4. The fourth-order valence-electron chi connectivity index (χ4n) is 11.1. The van der Waals surface area contributed by atoms with Gasteiger partial charge < -0.3 is 30.0 Å². The summed E-state index contributed by atoms with van der Waals surface area (Å²) in [7, 11) is 0. The maximum absolute atomic E-state index is 12.8. The molecule has 0 saturated heterocycles.